The molecule has 1 heterocycles. The molecule has 1 fully saturated rings. The average molecular weight is 372 g/mol. The minimum absolute atomic E-state index is 0.0145. The molecule has 1 aromatic rings. The summed E-state index contributed by atoms with van der Waals surface area (Å²) in [6, 6.07) is 8.23. The maximum atomic E-state index is 14.0. The summed E-state index contributed by atoms with van der Waals surface area (Å²) in [5.41, 5.74) is 0.817. The Hall–Kier alpha value is -2.16. The molecule has 25 heavy (non-hydrogen) atoms. The van der Waals surface area contributed by atoms with Crippen LogP contribution in [-0.4, -0.2) is 62.6 Å². The summed E-state index contributed by atoms with van der Waals surface area (Å²) in [7, 11) is -3.26. The van der Waals surface area contributed by atoms with Gasteiger partial charge in [-0.05, 0) is 5.56 Å². The van der Waals surface area contributed by atoms with E-state index in [1.54, 1.807) is 12.1 Å². The Morgan fingerprint density at radius 3 is 2.60 bits per heavy atom. The number of carbonyl (C=O) groups is 2. The van der Waals surface area contributed by atoms with Gasteiger partial charge in [0.05, 0.1) is 18.3 Å². The molecule has 0 radical (unpaired) electrons. The molecule has 2 atom stereocenters. The predicted octanol–water partition coefficient (Wildman–Crippen LogP) is 0.896. The molecule has 1 aromatic carbocycles. The average Bonchev–Trinajstić information content (AvgIpc) is 2.92. The summed E-state index contributed by atoms with van der Waals surface area (Å²) in [4.78, 5) is 24.9. The Balaban J connectivity index is 1.79. The fraction of sp³-hybridized carbons (Fsp3) is 0.500. The Morgan fingerprint density at radius 2 is 1.96 bits per heavy atom. The molecule has 7 nitrogen and oxygen atoms in total. The van der Waals surface area contributed by atoms with Crippen LogP contribution in [0.1, 0.15) is 12.0 Å². The monoisotopic (exact) mass is 372 g/mol. The molecule has 9 heteroatoms. The second kappa shape index (κ2) is 8.28. The quantitative estimate of drug-likeness (QED) is 0.801. The summed E-state index contributed by atoms with van der Waals surface area (Å²) >= 11 is 0. The number of halogens is 1. The zero-order chi connectivity index (χ0) is 18.4. The summed E-state index contributed by atoms with van der Waals surface area (Å²) in [5, 5.41) is 2.43. The van der Waals surface area contributed by atoms with Gasteiger partial charge < -0.3 is 15.0 Å². The summed E-state index contributed by atoms with van der Waals surface area (Å²) in [5.74, 6) is -0.858. The highest BCUT2D eigenvalue weighted by Crippen LogP contribution is 2.15. The predicted molar refractivity (Wildman–Crippen MR) is 89.4 cm³/mol. The van der Waals surface area contributed by atoms with Crippen molar-refractivity contribution >= 4 is 21.8 Å². The van der Waals surface area contributed by atoms with Crippen LogP contribution in [0.15, 0.2) is 30.3 Å². The number of benzene rings is 1. The lowest BCUT2D eigenvalue weighted by Crippen LogP contribution is -2.42. The molecule has 0 spiro atoms. The van der Waals surface area contributed by atoms with Crippen LogP contribution in [-0.2, 0) is 26.0 Å². The molecule has 1 aliphatic heterocycles. The van der Waals surface area contributed by atoms with Gasteiger partial charge in [0.25, 0.3) is 0 Å². The Kier molecular flexibility index (Phi) is 6.35. The SMILES string of the molecule is CS(=O)(=O)CCC(=O)N[C@@H]1CN(C(=O)OCc2ccccc2)C[C@H]1F. The van der Waals surface area contributed by atoms with E-state index in [1.807, 2.05) is 18.2 Å². The van der Waals surface area contributed by atoms with Crippen molar-refractivity contribution < 1.29 is 27.1 Å². The first-order valence-corrected chi connectivity index (χ1v) is 9.87. The number of hydrogen-bond acceptors (Lipinski definition) is 5. The number of carbonyl (C=O) groups excluding carboxylic acids is 2. The number of alkyl halides is 1. The Labute approximate surface area is 146 Å². The number of nitrogens with one attached hydrogen (secondary N) is 1. The summed E-state index contributed by atoms with van der Waals surface area (Å²) in [6.45, 7) is -0.109. The van der Waals surface area contributed by atoms with Crippen molar-refractivity contribution in [2.75, 3.05) is 25.1 Å². The first kappa shape index (κ1) is 19.2. The van der Waals surface area contributed by atoms with Gasteiger partial charge in [-0.1, -0.05) is 30.3 Å². The highest BCUT2D eigenvalue weighted by atomic mass is 32.2. The molecule has 0 aromatic heterocycles. The first-order chi connectivity index (χ1) is 11.7. The number of amides is 2. The standard InChI is InChI=1S/C16H21FN2O5S/c1-25(22,23)8-7-15(20)18-14-10-19(9-13(14)17)16(21)24-11-12-5-3-2-4-6-12/h2-6,13-14H,7-11H2,1H3,(H,18,20)/t13-,14-/m1/s1. The van der Waals surface area contributed by atoms with Gasteiger partial charge in [-0.3, -0.25) is 4.79 Å². The second-order valence-corrected chi connectivity index (χ2v) is 8.27. The van der Waals surface area contributed by atoms with Crippen molar-refractivity contribution in [3.63, 3.8) is 0 Å². The highest BCUT2D eigenvalue weighted by Gasteiger charge is 2.37. The third-order valence-corrected chi connectivity index (χ3v) is 4.70. The van der Waals surface area contributed by atoms with Gasteiger partial charge in [-0.15, -0.1) is 0 Å². The van der Waals surface area contributed by atoms with E-state index < -0.39 is 34.1 Å². The van der Waals surface area contributed by atoms with E-state index >= 15 is 0 Å². The molecule has 1 aliphatic rings. The Bertz CT molecular complexity index is 710. The fourth-order valence-electron chi connectivity index (χ4n) is 2.42. The minimum Gasteiger partial charge on any atom is -0.445 e. The van der Waals surface area contributed by atoms with E-state index in [4.69, 9.17) is 4.74 Å². The number of likely N-dealkylation sites (tertiary alicyclic amines) is 1. The molecule has 0 bridgehead atoms. The van der Waals surface area contributed by atoms with Crippen LogP contribution in [0.5, 0.6) is 0 Å². The van der Waals surface area contributed by atoms with E-state index in [1.165, 1.54) is 4.90 Å². The molecule has 0 saturated carbocycles. The summed E-state index contributed by atoms with van der Waals surface area (Å²) < 4.78 is 41.2. The maximum absolute atomic E-state index is 14.0. The molecule has 2 rings (SSSR count). The first-order valence-electron chi connectivity index (χ1n) is 7.81. The van der Waals surface area contributed by atoms with Crippen molar-refractivity contribution in [1.29, 1.82) is 0 Å². The molecule has 1 saturated heterocycles. The lowest BCUT2D eigenvalue weighted by Gasteiger charge is -2.16. The Morgan fingerprint density at radius 1 is 1.28 bits per heavy atom. The van der Waals surface area contributed by atoms with Crippen molar-refractivity contribution in [2.24, 2.45) is 0 Å². The smallest absolute Gasteiger partial charge is 0.410 e. The van der Waals surface area contributed by atoms with Crippen molar-refractivity contribution in [3.8, 4) is 0 Å². The van der Waals surface area contributed by atoms with E-state index in [0.717, 1.165) is 11.8 Å². The van der Waals surface area contributed by atoms with Crippen LogP contribution in [0.25, 0.3) is 0 Å². The molecule has 138 valence electrons. The van der Waals surface area contributed by atoms with Gasteiger partial charge in [-0.2, -0.15) is 0 Å². The van der Waals surface area contributed by atoms with Crippen molar-refractivity contribution in [3.05, 3.63) is 35.9 Å². The number of ether oxygens (including phenoxy) is 1. The zero-order valence-corrected chi connectivity index (χ0v) is 14.7. The zero-order valence-electron chi connectivity index (χ0n) is 13.9. The number of sulfone groups is 1. The van der Waals surface area contributed by atoms with Gasteiger partial charge in [0, 0.05) is 19.2 Å². The van der Waals surface area contributed by atoms with Crippen LogP contribution in [0.3, 0.4) is 0 Å². The number of hydrogen-bond donors (Lipinski definition) is 1. The molecule has 0 aliphatic carbocycles. The fourth-order valence-corrected chi connectivity index (χ4v) is 2.97. The third kappa shape index (κ3) is 6.33. The topological polar surface area (TPSA) is 92.8 Å². The van der Waals surface area contributed by atoms with E-state index in [2.05, 4.69) is 5.32 Å². The van der Waals surface area contributed by atoms with Crippen LogP contribution in [0.4, 0.5) is 9.18 Å². The van der Waals surface area contributed by atoms with Gasteiger partial charge in [0.1, 0.15) is 22.6 Å². The lowest BCUT2D eigenvalue weighted by molar-refractivity contribution is -0.121. The van der Waals surface area contributed by atoms with Crippen LogP contribution in [0, 0.1) is 0 Å². The largest absolute Gasteiger partial charge is 0.445 e. The third-order valence-electron chi connectivity index (χ3n) is 3.76. The molecular formula is C16H21FN2O5S. The second-order valence-electron chi connectivity index (χ2n) is 6.02. The normalized spacial score (nSPS) is 20.3. The van der Waals surface area contributed by atoms with Gasteiger partial charge in [0.2, 0.25) is 5.91 Å². The van der Waals surface area contributed by atoms with Crippen LogP contribution >= 0.6 is 0 Å². The molecular weight excluding hydrogens is 351 g/mol. The van der Waals surface area contributed by atoms with Crippen LogP contribution in [0.2, 0.25) is 0 Å². The molecule has 1 N–H and O–H groups in total. The van der Waals surface area contributed by atoms with Crippen molar-refractivity contribution in [1.82, 2.24) is 10.2 Å². The van der Waals surface area contributed by atoms with E-state index in [0.29, 0.717) is 0 Å². The van der Waals surface area contributed by atoms with Gasteiger partial charge in [-0.25, -0.2) is 17.6 Å². The minimum atomic E-state index is -3.26. The highest BCUT2D eigenvalue weighted by molar-refractivity contribution is 7.90. The van der Waals surface area contributed by atoms with Crippen LogP contribution < -0.4 is 5.32 Å². The molecule has 2 amide bonds. The summed E-state index contributed by atoms with van der Waals surface area (Å²) in [6.07, 6.45) is -1.29. The molecule has 0 unspecified atom stereocenters. The van der Waals surface area contributed by atoms with Gasteiger partial charge in [0.15, 0.2) is 0 Å². The van der Waals surface area contributed by atoms with E-state index in [-0.39, 0.29) is 31.9 Å². The maximum Gasteiger partial charge on any atom is 0.410 e. The van der Waals surface area contributed by atoms with E-state index in [9.17, 15) is 22.4 Å². The van der Waals surface area contributed by atoms with Crippen molar-refractivity contribution in [2.45, 2.75) is 25.2 Å². The lowest BCUT2D eigenvalue weighted by atomic mass is 10.2. The number of rotatable bonds is 6. The van der Waals surface area contributed by atoms with Gasteiger partial charge >= 0.3 is 6.09 Å². The number of nitrogens with zero attached hydrogens (tertiary/aromatic N) is 1.